The summed E-state index contributed by atoms with van der Waals surface area (Å²) in [5, 5.41) is 0. The van der Waals surface area contributed by atoms with Gasteiger partial charge in [0.05, 0.1) is 6.54 Å². The highest BCUT2D eigenvalue weighted by Crippen LogP contribution is 2.43. The zero-order chi connectivity index (χ0) is 17.5. The van der Waals surface area contributed by atoms with Crippen LogP contribution >= 0.6 is 0 Å². The van der Waals surface area contributed by atoms with Gasteiger partial charge in [-0.3, -0.25) is 9.69 Å². The van der Waals surface area contributed by atoms with Gasteiger partial charge in [-0.1, -0.05) is 24.6 Å². The molecule has 0 saturated carbocycles. The minimum absolute atomic E-state index is 0.134. The number of rotatable bonds is 2. The minimum atomic E-state index is -0.134. The van der Waals surface area contributed by atoms with Crippen molar-refractivity contribution in [1.82, 2.24) is 9.80 Å². The van der Waals surface area contributed by atoms with E-state index in [4.69, 9.17) is 0 Å². The van der Waals surface area contributed by atoms with Crippen LogP contribution in [0.2, 0.25) is 0 Å². The average Bonchev–Trinajstić information content (AvgIpc) is 2.49. The number of anilines is 1. The minimum Gasteiger partial charge on any atom is -0.305 e. The average molecular weight is 329 g/mol. The van der Waals surface area contributed by atoms with Crippen molar-refractivity contribution >= 4 is 11.6 Å². The van der Waals surface area contributed by atoms with E-state index in [1.54, 1.807) is 0 Å². The zero-order valence-electron chi connectivity index (χ0n) is 15.8. The van der Waals surface area contributed by atoms with Crippen LogP contribution in [-0.4, -0.2) is 61.0 Å². The lowest BCUT2D eigenvalue weighted by Gasteiger charge is -2.47. The summed E-state index contributed by atoms with van der Waals surface area (Å²) in [4.78, 5) is 19.9. The first-order valence-electron chi connectivity index (χ1n) is 9.12. The number of benzene rings is 1. The predicted octanol–water partition coefficient (Wildman–Crippen LogP) is 2.86. The van der Waals surface area contributed by atoms with Gasteiger partial charge in [-0.2, -0.15) is 0 Å². The van der Waals surface area contributed by atoms with Crippen molar-refractivity contribution in [2.45, 2.75) is 45.6 Å². The lowest BCUT2D eigenvalue weighted by molar-refractivity contribution is -0.121. The Kier molecular flexibility index (Phi) is 4.71. The summed E-state index contributed by atoms with van der Waals surface area (Å²) < 4.78 is 0. The van der Waals surface area contributed by atoms with E-state index >= 15 is 0 Å². The Morgan fingerprint density at radius 1 is 1.21 bits per heavy atom. The first kappa shape index (κ1) is 17.4. The molecule has 4 nitrogen and oxygen atoms in total. The van der Waals surface area contributed by atoms with E-state index < -0.39 is 0 Å². The molecule has 0 bridgehead atoms. The van der Waals surface area contributed by atoms with Crippen LogP contribution in [0.1, 0.15) is 44.2 Å². The van der Waals surface area contributed by atoms with Crippen LogP contribution in [0, 0.1) is 6.92 Å². The molecule has 24 heavy (non-hydrogen) atoms. The van der Waals surface area contributed by atoms with Crippen LogP contribution < -0.4 is 4.90 Å². The summed E-state index contributed by atoms with van der Waals surface area (Å²) in [6.07, 6.45) is 1.01. The molecule has 1 atom stereocenters. The molecule has 0 radical (unpaired) electrons. The maximum atomic E-state index is 13.2. The monoisotopic (exact) mass is 329 g/mol. The smallest absolute Gasteiger partial charge is 0.241 e. The van der Waals surface area contributed by atoms with Crippen LogP contribution in [-0.2, 0) is 4.79 Å². The molecule has 1 aromatic carbocycles. The summed E-state index contributed by atoms with van der Waals surface area (Å²) in [6.45, 7) is 13.4. The highest BCUT2D eigenvalue weighted by atomic mass is 16.2. The van der Waals surface area contributed by atoms with Gasteiger partial charge < -0.3 is 9.80 Å². The normalized spacial score (nSPS) is 24.7. The fourth-order valence-corrected chi connectivity index (χ4v) is 4.29. The maximum absolute atomic E-state index is 13.2. The van der Waals surface area contributed by atoms with Gasteiger partial charge in [0, 0.05) is 37.4 Å². The van der Waals surface area contributed by atoms with Crippen molar-refractivity contribution in [2.24, 2.45) is 0 Å². The first-order chi connectivity index (χ1) is 11.3. The number of likely N-dealkylation sites (N-methyl/N-ethyl adjacent to an activating group) is 1. The van der Waals surface area contributed by atoms with Crippen LogP contribution in [0.4, 0.5) is 5.69 Å². The molecular formula is C20H31N3O. The Labute approximate surface area is 146 Å². The Morgan fingerprint density at radius 3 is 2.54 bits per heavy atom. The second-order valence-corrected chi connectivity index (χ2v) is 8.29. The number of nitrogens with zero attached hydrogens (tertiary/aromatic N) is 3. The van der Waals surface area contributed by atoms with E-state index in [0.717, 1.165) is 38.3 Å². The maximum Gasteiger partial charge on any atom is 0.241 e. The van der Waals surface area contributed by atoms with E-state index in [2.05, 4.69) is 67.6 Å². The third-order valence-corrected chi connectivity index (χ3v) is 5.57. The number of aryl methyl sites for hydroxylation is 1. The number of piperazine rings is 1. The number of amides is 1. The third-order valence-electron chi connectivity index (χ3n) is 5.57. The first-order valence-corrected chi connectivity index (χ1v) is 9.12. The topological polar surface area (TPSA) is 26.8 Å². The van der Waals surface area contributed by atoms with Crippen molar-refractivity contribution in [3.8, 4) is 0 Å². The van der Waals surface area contributed by atoms with Gasteiger partial charge in [0.15, 0.2) is 0 Å². The summed E-state index contributed by atoms with van der Waals surface area (Å²) in [5.74, 6) is 0.726. The molecule has 3 rings (SSSR count). The van der Waals surface area contributed by atoms with Gasteiger partial charge in [0.1, 0.15) is 0 Å². The van der Waals surface area contributed by atoms with E-state index in [0.29, 0.717) is 12.5 Å². The molecule has 1 amide bonds. The summed E-state index contributed by atoms with van der Waals surface area (Å²) in [6, 6.07) is 6.53. The second-order valence-electron chi connectivity index (χ2n) is 8.29. The van der Waals surface area contributed by atoms with Crippen LogP contribution in [0.5, 0.6) is 0 Å². The molecule has 0 spiro atoms. The second kappa shape index (κ2) is 6.49. The molecule has 1 aromatic rings. The molecule has 0 aliphatic carbocycles. The predicted molar refractivity (Wildman–Crippen MR) is 99.7 cm³/mol. The summed E-state index contributed by atoms with van der Waals surface area (Å²) in [7, 11) is 2.15. The van der Waals surface area contributed by atoms with Crippen molar-refractivity contribution in [1.29, 1.82) is 0 Å². The largest absolute Gasteiger partial charge is 0.305 e. The fourth-order valence-electron chi connectivity index (χ4n) is 4.29. The standard InChI is InChI=1S/C20H31N3O/c1-15-6-7-18-17(12-15)16(2)13-20(3,4)23(18)19(24)14-22-10-8-21(5)9-11-22/h6-7,12,16H,8-11,13-14H2,1-5H3/t16-/m1/s1. The van der Waals surface area contributed by atoms with Crippen LogP contribution in [0.3, 0.4) is 0 Å². The third kappa shape index (κ3) is 3.35. The van der Waals surface area contributed by atoms with Gasteiger partial charge in [-0.05, 0) is 51.8 Å². The van der Waals surface area contributed by atoms with E-state index in [1.165, 1.54) is 11.1 Å². The van der Waals surface area contributed by atoms with E-state index in [9.17, 15) is 4.79 Å². The van der Waals surface area contributed by atoms with Crippen LogP contribution in [0.25, 0.3) is 0 Å². The highest BCUT2D eigenvalue weighted by molar-refractivity contribution is 5.97. The molecule has 2 aliphatic rings. The number of hydrogen-bond donors (Lipinski definition) is 0. The fraction of sp³-hybridized carbons (Fsp3) is 0.650. The molecule has 0 unspecified atom stereocenters. The Hall–Kier alpha value is -1.39. The van der Waals surface area contributed by atoms with E-state index in [-0.39, 0.29) is 11.4 Å². The van der Waals surface area contributed by atoms with Gasteiger partial charge in [0.2, 0.25) is 5.91 Å². The zero-order valence-corrected chi connectivity index (χ0v) is 15.8. The Morgan fingerprint density at radius 2 is 1.88 bits per heavy atom. The SMILES string of the molecule is Cc1ccc2c(c1)[C@H](C)CC(C)(C)N2C(=O)CN1CCN(C)CC1. The number of carbonyl (C=O) groups excluding carboxylic acids is 1. The lowest BCUT2D eigenvalue weighted by atomic mass is 9.79. The van der Waals surface area contributed by atoms with Crippen molar-refractivity contribution in [3.63, 3.8) is 0 Å². The van der Waals surface area contributed by atoms with Gasteiger partial charge in [-0.25, -0.2) is 0 Å². The number of carbonyl (C=O) groups is 1. The van der Waals surface area contributed by atoms with Crippen LogP contribution in [0.15, 0.2) is 18.2 Å². The molecule has 2 aliphatic heterocycles. The molecule has 0 aromatic heterocycles. The van der Waals surface area contributed by atoms with Gasteiger partial charge >= 0.3 is 0 Å². The Bertz CT molecular complexity index is 617. The highest BCUT2D eigenvalue weighted by Gasteiger charge is 2.40. The molecule has 132 valence electrons. The quantitative estimate of drug-likeness (QED) is 0.835. The van der Waals surface area contributed by atoms with Gasteiger partial charge in [-0.15, -0.1) is 0 Å². The lowest BCUT2D eigenvalue weighted by Crippen LogP contribution is -2.56. The summed E-state index contributed by atoms with van der Waals surface area (Å²) in [5.41, 5.74) is 3.57. The number of hydrogen-bond acceptors (Lipinski definition) is 3. The molecule has 4 heteroatoms. The molecule has 2 heterocycles. The molecule has 0 N–H and O–H groups in total. The summed E-state index contributed by atoms with van der Waals surface area (Å²) >= 11 is 0. The van der Waals surface area contributed by atoms with Gasteiger partial charge in [0.25, 0.3) is 0 Å². The van der Waals surface area contributed by atoms with E-state index in [1.807, 2.05) is 0 Å². The Balaban J connectivity index is 1.85. The molecule has 1 saturated heterocycles. The van der Waals surface area contributed by atoms with Crippen molar-refractivity contribution < 1.29 is 4.79 Å². The van der Waals surface area contributed by atoms with Crippen molar-refractivity contribution in [2.75, 3.05) is 44.7 Å². The van der Waals surface area contributed by atoms with Crippen molar-refractivity contribution in [3.05, 3.63) is 29.3 Å². The molecule has 1 fully saturated rings. The number of fused-ring (bicyclic) bond motifs is 1. The molecular weight excluding hydrogens is 298 g/mol.